The molecule has 0 bridgehead atoms. The van der Waals surface area contributed by atoms with Crippen molar-refractivity contribution in [2.24, 2.45) is 0 Å². The van der Waals surface area contributed by atoms with Gasteiger partial charge >= 0.3 is 12.1 Å². The van der Waals surface area contributed by atoms with Gasteiger partial charge < -0.3 is 24.8 Å². The summed E-state index contributed by atoms with van der Waals surface area (Å²) in [5, 5.41) is 12.3. The summed E-state index contributed by atoms with van der Waals surface area (Å²) in [6, 6.07) is 16.0. The normalized spacial score (nSPS) is 20.9. The minimum absolute atomic E-state index is 0.105. The average molecular weight is 467 g/mol. The third-order valence-corrected chi connectivity index (χ3v) is 6.97. The predicted molar refractivity (Wildman–Crippen MR) is 125 cm³/mol. The second-order valence-electron chi connectivity index (χ2n) is 9.36. The Labute approximate surface area is 198 Å². The van der Waals surface area contributed by atoms with Gasteiger partial charge in [0.1, 0.15) is 17.7 Å². The molecule has 8 nitrogen and oxygen atoms in total. The highest BCUT2D eigenvalue weighted by atomic mass is 16.5. The zero-order valence-corrected chi connectivity index (χ0v) is 19.7. The van der Waals surface area contributed by atoms with Crippen molar-refractivity contribution < 1.29 is 29.0 Å². The van der Waals surface area contributed by atoms with Crippen LogP contribution in [0.1, 0.15) is 43.7 Å². The van der Waals surface area contributed by atoms with Crippen molar-refractivity contribution in [2.75, 3.05) is 26.9 Å². The minimum atomic E-state index is -1.47. The number of carboxylic acids is 1. The summed E-state index contributed by atoms with van der Waals surface area (Å²) >= 11 is 0. The van der Waals surface area contributed by atoms with Crippen LogP contribution in [0.25, 0.3) is 11.1 Å². The van der Waals surface area contributed by atoms with Crippen molar-refractivity contribution in [2.45, 2.75) is 43.7 Å². The van der Waals surface area contributed by atoms with Crippen molar-refractivity contribution in [3.8, 4) is 11.1 Å². The van der Waals surface area contributed by atoms with Crippen LogP contribution in [0.15, 0.2) is 48.5 Å². The summed E-state index contributed by atoms with van der Waals surface area (Å²) in [4.78, 5) is 39.4. The number of methoxy groups -OCH3 is 1. The minimum Gasteiger partial charge on any atom is -0.480 e. The molecule has 2 aromatic rings. The highest BCUT2D eigenvalue weighted by Gasteiger charge is 2.51. The van der Waals surface area contributed by atoms with E-state index >= 15 is 0 Å². The van der Waals surface area contributed by atoms with Gasteiger partial charge in [-0.05, 0) is 48.9 Å². The van der Waals surface area contributed by atoms with Crippen LogP contribution in [0.2, 0.25) is 0 Å². The maximum Gasteiger partial charge on any atom is 0.408 e. The van der Waals surface area contributed by atoms with E-state index in [1.54, 1.807) is 0 Å². The molecule has 1 aliphatic heterocycles. The monoisotopic (exact) mass is 466 g/mol. The van der Waals surface area contributed by atoms with Crippen LogP contribution in [0.3, 0.4) is 0 Å². The van der Waals surface area contributed by atoms with E-state index in [0.717, 1.165) is 22.3 Å². The third-order valence-electron chi connectivity index (χ3n) is 6.97. The summed E-state index contributed by atoms with van der Waals surface area (Å²) in [5.41, 5.74) is 1.61. The number of hydrogen-bond acceptors (Lipinski definition) is 5. The number of rotatable bonds is 7. The molecule has 180 valence electrons. The van der Waals surface area contributed by atoms with Crippen LogP contribution in [0.5, 0.6) is 0 Å². The van der Waals surface area contributed by atoms with E-state index in [1.807, 2.05) is 36.4 Å². The smallest absolute Gasteiger partial charge is 0.408 e. The standard InChI is InChI=1S/C26H30N2O6/c1-25(16-33-3,22(29)28-14-8-13-26(28,2)23(30)31)27-24(32)34-15-21-19-11-6-4-9-17(19)18-10-5-7-12-20(18)21/h4-7,9-12,21H,8,13-16H2,1-3H3,(H,27,32)(H,30,31)/t25?,26-/m1/s1. The first-order chi connectivity index (χ1) is 16.2. The molecule has 2 atom stereocenters. The Bertz CT molecular complexity index is 1070. The van der Waals surface area contributed by atoms with E-state index < -0.39 is 29.0 Å². The predicted octanol–water partition coefficient (Wildman–Crippen LogP) is 3.40. The lowest BCUT2D eigenvalue weighted by molar-refractivity contribution is -0.158. The third kappa shape index (κ3) is 4.03. The van der Waals surface area contributed by atoms with Crippen molar-refractivity contribution in [3.05, 3.63) is 59.7 Å². The SMILES string of the molecule is COCC(C)(NC(=O)OCC1c2ccccc2-c2ccccc21)C(=O)N1CCC[C@]1(C)C(=O)O. The first-order valence-corrected chi connectivity index (χ1v) is 11.4. The van der Waals surface area contributed by atoms with Crippen LogP contribution in [-0.4, -0.2) is 65.9 Å². The number of carbonyl (C=O) groups is 3. The number of carboxylic acid groups (broad SMARTS) is 1. The first-order valence-electron chi connectivity index (χ1n) is 11.4. The van der Waals surface area contributed by atoms with E-state index in [0.29, 0.717) is 19.4 Å². The molecule has 4 rings (SSSR count). The van der Waals surface area contributed by atoms with E-state index in [4.69, 9.17) is 9.47 Å². The molecule has 0 radical (unpaired) electrons. The van der Waals surface area contributed by atoms with Gasteiger partial charge in [-0.15, -0.1) is 0 Å². The van der Waals surface area contributed by atoms with Crippen LogP contribution in [0, 0.1) is 0 Å². The van der Waals surface area contributed by atoms with Gasteiger partial charge in [-0.1, -0.05) is 48.5 Å². The van der Waals surface area contributed by atoms with Gasteiger partial charge in [-0.25, -0.2) is 9.59 Å². The molecule has 0 aromatic heterocycles. The lowest BCUT2D eigenvalue weighted by atomic mass is 9.95. The van der Waals surface area contributed by atoms with E-state index in [9.17, 15) is 19.5 Å². The molecule has 1 fully saturated rings. The fraction of sp³-hybridized carbons (Fsp3) is 0.423. The number of aliphatic carboxylic acids is 1. The van der Waals surface area contributed by atoms with Crippen molar-refractivity contribution >= 4 is 18.0 Å². The van der Waals surface area contributed by atoms with Crippen LogP contribution in [-0.2, 0) is 19.1 Å². The Hall–Kier alpha value is -3.39. The van der Waals surface area contributed by atoms with Gasteiger partial charge in [0.2, 0.25) is 0 Å². The van der Waals surface area contributed by atoms with Gasteiger partial charge in [0.05, 0.1) is 6.61 Å². The van der Waals surface area contributed by atoms with Crippen LogP contribution < -0.4 is 5.32 Å². The molecule has 2 N–H and O–H groups in total. The molecule has 0 saturated carbocycles. The van der Waals surface area contributed by atoms with Gasteiger partial charge in [0.25, 0.3) is 5.91 Å². The highest BCUT2D eigenvalue weighted by Crippen LogP contribution is 2.44. The maximum absolute atomic E-state index is 13.4. The second-order valence-corrected chi connectivity index (χ2v) is 9.36. The summed E-state index contributed by atoms with van der Waals surface area (Å²) in [6.07, 6.45) is 0.163. The molecule has 1 aliphatic carbocycles. The Morgan fingerprint density at radius 2 is 1.71 bits per heavy atom. The highest BCUT2D eigenvalue weighted by molar-refractivity contribution is 5.94. The molecule has 8 heteroatoms. The van der Waals surface area contributed by atoms with Gasteiger partial charge in [-0.2, -0.15) is 0 Å². The van der Waals surface area contributed by atoms with Crippen LogP contribution in [0.4, 0.5) is 4.79 Å². The number of benzene rings is 2. The molecule has 2 aliphatic rings. The zero-order valence-electron chi connectivity index (χ0n) is 19.7. The van der Waals surface area contributed by atoms with E-state index in [-0.39, 0.29) is 19.1 Å². The quantitative estimate of drug-likeness (QED) is 0.648. The molecular formula is C26H30N2O6. The molecule has 34 heavy (non-hydrogen) atoms. The van der Waals surface area contributed by atoms with Gasteiger partial charge in [0, 0.05) is 19.6 Å². The topological polar surface area (TPSA) is 105 Å². The lowest BCUT2D eigenvalue weighted by Gasteiger charge is -2.38. The van der Waals surface area contributed by atoms with Crippen LogP contribution >= 0.6 is 0 Å². The van der Waals surface area contributed by atoms with Gasteiger partial charge in [-0.3, -0.25) is 4.79 Å². The molecule has 1 saturated heterocycles. The number of alkyl carbamates (subject to hydrolysis) is 1. The van der Waals surface area contributed by atoms with Crippen molar-refractivity contribution in [1.82, 2.24) is 10.2 Å². The van der Waals surface area contributed by atoms with E-state index in [1.165, 1.54) is 25.9 Å². The number of nitrogens with one attached hydrogen (secondary N) is 1. The maximum atomic E-state index is 13.4. The Morgan fingerprint density at radius 3 is 2.26 bits per heavy atom. The zero-order chi connectivity index (χ0) is 24.5. The van der Waals surface area contributed by atoms with Crippen molar-refractivity contribution in [3.63, 3.8) is 0 Å². The number of nitrogens with zero attached hydrogens (tertiary/aromatic N) is 1. The largest absolute Gasteiger partial charge is 0.480 e. The summed E-state index contributed by atoms with van der Waals surface area (Å²) in [6.45, 7) is 3.34. The Morgan fingerprint density at radius 1 is 1.12 bits per heavy atom. The number of hydrogen-bond donors (Lipinski definition) is 2. The summed E-state index contributed by atoms with van der Waals surface area (Å²) in [7, 11) is 1.42. The van der Waals surface area contributed by atoms with E-state index in [2.05, 4.69) is 17.4 Å². The summed E-state index contributed by atoms with van der Waals surface area (Å²) in [5.74, 6) is -1.69. The molecule has 1 unspecified atom stereocenters. The average Bonchev–Trinajstić information content (AvgIpc) is 3.36. The summed E-state index contributed by atoms with van der Waals surface area (Å²) < 4.78 is 10.8. The Balaban J connectivity index is 1.49. The van der Waals surface area contributed by atoms with Gasteiger partial charge in [0.15, 0.2) is 0 Å². The Kier molecular flexibility index (Phi) is 6.36. The molecule has 0 spiro atoms. The molecule has 1 heterocycles. The molecular weight excluding hydrogens is 436 g/mol. The molecule has 2 amide bonds. The number of ether oxygens (including phenoxy) is 2. The number of carbonyl (C=O) groups excluding carboxylic acids is 2. The second kappa shape index (κ2) is 9.10. The van der Waals surface area contributed by atoms with Crippen molar-refractivity contribution in [1.29, 1.82) is 0 Å². The lowest BCUT2D eigenvalue weighted by Crippen LogP contribution is -2.64. The fourth-order valence-electron chi connectivity index (χ4n) is 5.11. The fourth-order valence-corrected chi connectivity index (χ4v) is 5.11. The molecule has 2 aromatic carbocycles. The number of likely N-dealkylation sites (tertiary alicyclic amines) is 1. The first kappa shape index (κ1) is 23.8. The number of fused-ring (bicyclic) bond motifs is 3. The number of amides is 2.